The van der Waals surface area contributed by atoms with Crippen LogP contribution in [0.2, 0.25) is 0 Å². The molecule has 0 amide bonds. The molecule has 1 aliphatic heterocycles. The van der Waals surface area contributed by atoms with Gasteiger partial charge < -0.3 is 4.74 Å². The lowest BCUT2D eigenvalue weighted by Gasteiger charge is -2.01. The molecule has 0 spiro atoms. The van der Waals surface area contributed by atoms with E-state index in [-0.39, 0.29) is 6.10 Å². The highest BCUT2D eigenvalue weighted by atomic mass is 16.5. The fraction of sp³-hybridized carbons (Fsp3) is 1.00. The van der Waals surface area contributed by atoms with Crippen molar-refractivity contribution in [2.45, 2.75) is 19.4 Å². The van der Waals surface area contributed by atoms with Gasteiger partial charge in [0.1, 0.15) is 0 Å². The summed E-state index contributed by atoms with van der Waals surface area (Å²) in [5, 5.41) is 3.44. The monoisotopic (exact) mass is 141 g/mol. The second kappa shape index (κ2) is 3.44. The average molecular weight is 141 g/mol. The SMILES string of the molecule is C[C@@H]1CO[C@@H](CN=[N+]=[N-])C1. The number of rotatable bonds is 2. The minimum absolute atomic E-state index is 0.172. The van der Waals surface area contributed by atoms with Crippen LogP contribution >= 0.6 is 0 Å². The van der Waals surface area contributed by atoms with Crippen LogP contribution in [0.5, 0.6) is 0 Å². The Hall–Kier alpha value is -0.730. The van der Waals surface area contributed by atoms with Crippen LogP contribution in [-0.4, -0.2) is 19.3 Å². The number of hydrogen-bond acceptors (Lipinski definition) is 2. The van der Waals surface area contributed by atoms with Crippen LogP contribution in [-0.2, 0) is 4.74 Å². The fourth-order valence-corrected chi connectivity index (χ4v) is 1.14. The average Bonchev–Trinajstić information content (AvgIpc) is 2.31. The summed E-state index contributed by atoms with van der Waals surface area (Å²) in [6.45, 7) is 3.43. The molecule has 2 atom stereocenters. The Kier molecular flexibility index (Phi) is 2.54. The summed E-state index contributed by atoms with van der Waals surface area (Å²) in [6.07, 6.45) is 1.20. The summed E-state index contributed by atoms with van der Waals surface area (Å²) < 4.78 is 5.30. The standard InChI is InChI=1S/C6H11N3O/c1-5-2-6(10-4-5)3-8-9-7/h5-6H,2-4H2,1H3/t5-,6+/m0/s1. The first kappa shape index (κ1) is 7.38. The zero-order chi connectivity index (χ0) is 7.40. The Bertz CT molecular complexity index is 153. The maximum Gasteiger partial charge on any atom is 0.0634 e. The Morgan fingerprint density at radius 2 is 2.60 bits per heavy atom. The van der Waals surface area contributed by atoms with Gasteiger partial charge in [0.25, 0.3) is 0 Å². The number of nitrogens with zero attached hydrogens (tertiary/aromatic N) is 3. The Balaban J connectivity index is 2.24. The van der Waals surface area contributed by atoms with E-state index in [0.717, 1.165) is 13.0 Å². The van der Waals surface area contributed by atoms with E-state index in [1.54, 1.807) is 0 Å². The Labute approximate surface area is 59.8 Å². The van der Waals surface area contributed by atoms with E-state index in [0.29, 0.717) is 12.5 Å². The van der Waals surface area contributed by atoms with Gasteiger partial charge in [0.15, 0.2) is 0 Å². The van der Waals surface area contributed by atoms with Crippen LogP contribution in [0.25, 0.3) is 10.4 Å². The number of hydrogen-bond donors (Lipinski definition) is 0. The van der Waals surface area contributed by atoms with Gasteiger partial charge in [0, 0.05) is 11.5 Å². The predicted molar refractivity (Wildman–Crippen MR) is 37.5 cm³/mol. The molecule has 0 aromatic rings. The molecule has 4 heteroatoms. The third kappa shape index (κ3) is 1.90. The maximum atomic E-state index is 8.00. The molecule has 1 saturated heterocycles. The minimum Gasteiger partial charge on any atom is -0.378 e. The van der Waals surface area contributed by atoms with Gasteiger partial charge in [0.05, 0.1) is 12.6 Å². The van der Waals surface area contributed by atoms with Gasteiger partial charge in [0.2, 0.25) is 0 Å². The molecule has 0 aromatic heterocycles. The van der Waals surface area contributed by atoms with Crippen LogP contribution in [0.3, 0.4) is 0 Å². The van der Waals surface area contributed by atoms with Crippen molar-refractivity contribution in [1.29, 1.82) is 0 Å². The summed E-state index contributed by atoms with van der Waals surface area (Å²) in [5.41, 5.74) is 8.00. The smallest absolute Gasteiger partial charge is 0.0634 e. The van der Waals surface area contributed by atoms with Crippen molar-refractivity contribution >= 4 is 0 Å². The quantitative estimate of drug-likeness (QED) is 0.328. The van der Waals surface area contributed by atoms with Gasteiger partial charge in [-0.25, -0.2) is 0 Å². The zero-order valence-electron chi connectivity index (χ0n) is 6.03. The molecular weight excluding hydrogens is 130 g/mol. The van der Waals surface area contributed by atoms with Gasteiger partial charge in [-0.05, 0) is 17.9 Å². The first-order chi connectivity index (χ1) is 4.83. The summed E-state index contributed by atoms with van der Waals surface area (Å²) in [5.74, 6) is 0.624. The first-order valence-electron chi connectivity index (χ1n) is 3.45. The van der Waals surface area contributed by atoms with Gasteiger partial charge in [-0.2, -0.15) is 0 Å². The number of ether oxygens (including phenoxy) is 1. The van der Waals surface area contributed by atoms with Crippen molar-refractivity contribution < 1.29 is 4.74 Å². The van der Waals surface area contributed by atoms with E-state index in [1.807, 2.05) is 0 Å². The molecule has 0 radical (unpaired) electrons. The van der Waals surface area contributed by atoms with E-state index in [4.69, 9.17) is 10.3 Å². The summed E-state index contributed by atoms with van der Waals surface area (Å²) in [6, 6.07) is 0. The molecule has 0 bridgehead atoms. The third-order valence-corrected chi connectivity index (χ3v) is 1.63. The van der Waals surface area contributed by atoms with Crippen LogP contribution in [0.15, 0.2) is 5.11 Å². The Morgan fingerprint density at radius 3 is 3.10 bits per heavy atom. The molecular formula is C6H11N3O. The van der Waals surface area contributed by atoms with Crippen molar-refractivity contribution in [3.63, 3.8) is 0 Å². The molecule has 4 nitrogen and oxygen atoms in total. The largest absolute Gasteiger partial charge is 0.378 e. The predicted octanol–water partition coefficient (Wildman–Crippen LogP) is 1.72. The maximum absolute atomic E-state index is 8.00. The molecule has 1 heterocycles. The highest BCUT2D eigenvalue weighted by Gasteiger charge is 2.20. The zero-order valence-corrected chi connectivity index (χ0v) is 6.03. The van der Waals surface area contributed by atoms with Crippen LogP contribution in [0.4, 0.5) is 0 Å². The Morgan fingerprint density at radius 1 is 1.80 bits per heavy atom. The summed E-state index contributed by atoms with van der Waals surface area (Å²) in [4.78, 5) is 2.67. The second-order valence-corrected chi connectivity index (χ2v) is 2.71. The normalized spacial score (nSPS) is 31.7. The molecule has 0 saturated carbocycles. The van der Waals surface area contributed by atoms with Crippen molar-refractivity contribution in [3.05, 3.63) is 10.4 Å². The van der Waals surface area contributed by atoms with E-state index >= 15 is 0 Å². The van der Waals surface area contributed by atoms with Crippen LogP contribution in [0, 0.1) is 5.92 Å². The molecule has 1 fully saturated rings. The molecule has 0 aliphatic carbocycles. The van der Waals surface area contributed by atoms with Gasteiger partial charge in [-0.3, -0.25) is 0 Å². The molecule has 0 N–H and O–H groups in total. The van der Waals surface area contributed by atoms with Crippen molar-refractivity contribution in [2.75, 3.05) is 13.2 Å². The van der Waals surface area contributed by atoms with Crippen molar-refractivity contribution in [3.8, 4) is 0 Å². The van der Waals surface area contributed by atoms with Gasteiger partial charge in [-0.15, -0.1) is 0 Å². The van der Waals surface area contributed by atoms with Crippen LogP contribution in [0.1, 0.15) is 13.3 Å². The van der Waals surface area contributed by atoms with E-state index in [1.165, 1.54) is 0 Å². The molecule has 1 aliphatic rings. The van der Waals surface area contributed by atoms with Crippen molar-refractivity contribution in [1.82, 2.24) is 0 Å². The lowest BCUT2D eigenvalue weighted by molar-refractivity contribution is 0.113. The molecule has 0 unspecified atom stereocenters. The third-order valence-electron chi connectivity index (χ3n) is 1.63. The van der Waals surface area contributed by atoms with Crippen LogP contribution < -0.4 is 0 Å². The molecule has 0 aromatic carbocycles. The summed E-state index contributed by atoms with van der Waals surface area (Å²) >= 11 is 0. The molecule has 10 heavy (non-hydrogen) atoms. The molecule has 56 valence electrons. The summed E-state index contributed by atoms with van der Waals surface area (Å²) in [7, 11) is 0. The van der Waals surface area contributed by atoms with Gasteiger partial charge in [-0.1, -0.05) is 12.0 Å². The second-order valence-electron chi connectivity index (χ2n) is 2.71. The lowest BCUT2D eigenvalue weighted by atomic mass is 10.1. The lowest BCUT2D eigenvalue weighted by Crippen LogP contribution is -2.08. The van der Waals surface area contributed by atoms with E-state index in [2.05, 4.69) is 16.9 Å². The topological polar surface area (TPSA) is 58.0 Å². The highest BCUT2D eigenvalue weighted by Crippen LogP contribution is 2.18. The highest BCUT2D eigenvalue weighted by molar-refractivity contribution is 4.72. The first-order valence-corrected chi connectivity index (χ1v) is 3.45. The minimum atomic E-state index is 0.172. The van der Waals surface area contributed by atoms with Crippen molar-refractivity contribution in [2.24, 2.45) is 11.0 Å². The van der Waals surface area contributed by atoms with E-state index in [9.17, 15) is 0 Å². The molecule has 1 rings (SSSR count). The van der Waals surface area contributed by atoms with Gasteiger partial charge >= 0.3 is 0 Å². The fourth-order valence-electron chi connectivity index (χ4n) is 1.14. The number of azide groups is 1. The van der Waals surface area contributed by atoms with E-state index < -0.39 is 0 Å².